The molecule has 3 aromatic rings. The van der Waals surface area contributed by atoms with Crippen LogP contribution >= 0.6 is 0 Å². The lowest BCUT2D eigenvalue weighted by molar-refractivity contribution is 0.601. The van der Waals surface area contributed by atoms with Crippen LogP contribution in [-0.2, 0) is 10.0 Å². The standard InChI is InChI=1S/C16H11N3O2S/c17-11-13-5-1-2-9-15(13)22(20,21)19-14-8-3-6-12-7-4-10-18-16(12)14/h1-10,19H. The van der Waals surface area contributed by atoms with E-state index in [1.165, 1.54) is 12.1 Å². The van der Waals surface area contributed by atoms with Gasteiger partial charge in [0.2, 0.25) is 0 Å². The number of rotatable bonds is 3. The van der Waals surface area contributed by atoms with Crippen molar-refractivity contribution in [3.8, 4) is 6.07 Å². The molecule has 0 aliphatic carbocycles. The molecule has 0 bridgehead atoms. The third-order valence-corrected chi connectivity index (χ3v) is 4.60. The highest BCUT2D eigenvalue weighted by Crippen LogP contribution is 2.24. The van der Waals surface area contributed by atoms with Gasteiger partial charge in [0.1, 0.15) is 11.0 Å². The highest BCUT2D eigenvalue weighted by Gasteiger charge is 2.19. The van der Waals surface area contributed by atoms with E-state index in [0.717, 1.165) is 5.39 Å². The van der Waals surface area contributed by atoms with Gasteiger partial charge in [0.05, 0.1) is 16.8 Å². The van der Waals surface area contributed by atoms with E-state index in [9.17, 15) is 8.42 Å². The number of nitrogens with one attached hydrogen (secondary N) is 1. The quantitative estimate of drug-likeness (QED) is 0.806. The van der Waals surface area contributed by atoms with E-state index < -0.39 is 10.0 Å². The minimum atomic E-state index is -3.86. The molecule has 108 valence electrons. The van der Waals surface area contributed by atoms with Crippen LogP contribution in [0, 0.1) is 11.3 Å². The van der Waals surface area contributed by atoms with Crippen LogP contribution in [0.3, 0.4) is 0 Å². The number of pyridine rings is 1. The Hall–Kier alpha value is -2.91. The first-order valence-corrected chi connectivity index (χ1v) is 7.96. The molecule has 0 atom stereocenters. The van der Waals surface area contributed by atoms with E-state index in [1.54, 1.807) is 36.5 Å². The first-order chi connectivity index (χ1) is 10.6. The molecule has 1 heterocycles. The Bertz CT molecular complexity index is 986. The molecule has 0 aliphatic heterocycles. The molecule has 0 fully saturated rings. The van der Waals surface area contributed by atoms with Crippen molar-refractivity contribution in [1.82, 2.24) is 4.98 Å². The van der Waals surface area contributed by atoms with Gasteiger partial charge in [-0.1, -0.05) is 30.3 Å². The summed E-state index contributed by atoms with van der Waals surface area (Å²) in [7, 11) is -3.86. The zero-order valence-corrected chi connectivity index (χ0v) is 12.2. The summed E-state index contributed by atoms with van der Waals surface area (Å²) in [4.78, 5) is 4.16. The smallest absolute Gasteiger partial charge is 0.263 e. The van der Waals surface area contributed by atoms with Crippen LogP contribution in [0.1, 0.15) is 5.56 Å². The van der Waals surface area contributed by atoms with E-state index in [4.69, 9.17) is 5.26 Å². The number of aromatic nitrogens is 1. The van der Waals surface area contributed by atoms with Gasteiger partial charge in [0.25, 0.3) is 10.0 Å². The molecule has 1 N–H and O–H groups in total. The molecular weight excluding hydrogens is 298 g/mol. The Balaban J connectivity index is 2.10. The molecule has 0 spiro atoms. The minimum absolute atomic E-state index is 0.0505. The molecular formula is C16H11N3O2S. The SMILES string of the molecule is N#Cc1ccccc1S(=O)(=O)Nc1cccc2cccnc12. The van der Waals surface area contributed by atoms with Gasteiger partial charge in [-0.2, -0.15) is 5.26 Å². The maximum absolute atomic E-state index is 12.5. The lowest BCUT2D eigenvalue weighted by atomic mass is 10.2. The monoisotopic (exact) mass is 309 g/mol. The predicted molar refractivity (Wildman–Crippen MR) is 83.7 cm³/mol. The lowest BCUT2D eigenvalue weighted by Crippen LogP contribution is -2.14. The number of nitriles is 1. The number of hydrogen-bond donors (Lipinski definition) is 1. The zero-order chi connectivity index (χ0) is 15.6. The zero-order valence-electron chi connectivity index (χ0n) is 11.4. The van der Waals surface area contributed by atoms with Gasteiger partial charge in [-0.3, -0.25) is 9.71 Å². The Kier molecular flexibility index (Phi) is 3.49. The average Bonchev–Trinajstić information content (AvgIpc) is 2.55. The third kappa shape index (κ3) is 2.50. The molecule has 1 aromatic heterocycles. The van der Waals surface area contributed by atoms with Gasteiger partial charge in [-0.25, -0.2) is 8.42 Å². The van der Waals surface area contributed by atoms with Crippen molar-refractivity contribution in [2.75, 3.05) is 4.72 Å². The van der Waals surface area contributed by atoms with E-state index >= 15 is 0 Å². The lowest BCUT2D eigenvalue weighted by Gasteiger charge is -2.11. The average molecular weight is 309 g/mol. The van der Waals surface area contributed by atoms with Crippen LogP contribution in [0.5, 0.6) is 0 Å². The van der Waals surface area contributed by atoms with Crippen molar-refractivity contribution in [3.05, 3.63) is 66.4 Å². The molecule has 0 unspecified atom stereocenters. The van der Waals surface area contributed by atoms with Gasteiger partial charge >= 0.3 is 0 Å². The molecule has 0 saturated carbocycles. The van der Waals surface area contributed by atoms with Crippen LogP contribution in [-0.4, -0.2) is 13.4 Å². The maximum Gasteiger partial charge on any atom is 0.263 e. The number of nitrogens with zero attached hydrogens (tertiary/aromatic N) is 2. The number of sulfonamides is 1. The number of hydrogen-bond acceptors (Lipinski definition) is 4. The summed E-state index contributed by atoms with van der Waals surface area (Å²) in [6.45, 7) is 0. The van der Waals surface area contributed by atoms with E-state index in [2.05, 4.69) is 9.71 Å². The maximum atomic E-state index is 12.5. The highest BCUT2D eigenvalue weighted by molar-refractivity contribution is 7.92. The Labute approximate surface area is 127 Å². The minimum Gasteiger partial charge on any atom is -0.277 e. The fourth-order valence-electron chi connectivity index (χ4n) is 2.18. The van der Waals surface area contributed by atoms with Crippen molar-refractivity contribution in [2.24, 2.45) is 0 Å². The van der Waals surface area contributed by atoms with Crippen LogP contribution in [0.25, 0.3) is 10.9 Å². The summed E-state index contributed by atoms with van der Waals surface area (Å²) in [6, 6.07) is 16.8. The summed E-state index contributed by atoms with van der Waals surface area (Å²) < 4.78 is 27.6. The molecule has 2 aromatic carbocycles. The molecule has 3 rings (SSSR count). The molecule has 22 heavy (non-hydrogen) atoms. The van der Waals surface area contributed by atoms with Gasteiger partial charge in [0.15, 0.2) is 0 Å². The molecule has 0 aliphatic rings. The van der Waals surface area contributed by atoms with Crippen molar-refractivity contribution in [2.45, 2.75) is 4.90 Å². The van der Waals surface area contributed by atoms with Crippen molar-refractivity contribution >= 4 is 26.6 Å². The van der Waals surface area contributed by atoms with Gasteiger partial charge in [-0.05, 0) is 24.3 Å². The van der Waals surface area contributed by atoms with Gasteiger partial charge < -0.3 is 0 Å². The second kappa shape index (κ2) is 5.47. The molecule has 6 heteroatoms. The summed E-state index contributed by atoms with van der Waals surface area (Å²) in [5.74, 6) is 0. The number of fused-ring (bicyclic) bond motifs is 1. The van der Waals surface area contributed by atoms with E-state index in [-0.39, 0.29) is 10.5 Å². The van der Waals surface area contributed by atoms with Crippen molar-refractivity contribution in [3.63, 3.8) is 0 Å². The third-order valence-electron chi connectivity index (χ3n) is 3.17. The number of benzene rings is 2. The second-order valence-corrected chi connectivity index (χ2v) is 6.24. The largest absolute Gasteiger partial charge is 0.277 e. The number of para-hydroxylation sites is 1. The second-order valence-electron chi connectivity index (χ2n) is 4.59. The Morgan fingerprint density at radius 3 is 2.59 bits per heavy atom. The molecule has 0 saturated heterocycles. The van der Waals surface area contributed by atoms with Crippen LogP contribution in [0.4, 0.5) is 5.69 Å². The van der Waals surface area contributed by atoms with Gasteiger partial charge in [0, 0.05) is 11.6 Å². The molecule has 5 nitrogen and oxygen atoms in total. The highest BCUT2D eigenvalue weighted by atomic mass is 32.2. The summed E-state index contributed by atoms with van der Waals surface area (Å²) in [6.07, 6.45) is 1.60. The molecule has 0 amide bonds. The topological polar surface area (TPSA) is 82.8 Å². The summed E-state index contributed by atoms with van der Waals surface area (Å²) >= 11 is 0. The van der Waals surface area contributed by atoms with E-state index in [1.807, 2.05) is 18.2 Å². The van der Waals surface area contributed by atoms with Crippen LogP contribution in [0.15, 0.2) is 65.7 Å². The van der Waals surface area contributed by atoms with Crippen LogP contribution in [0.2, 0.25) is 0 Å². The van der Waals surface area contributed by atoms with Crippen molar-refractivity contribution < 1.29 is 8.42 Å². The molecule has 0 radical (unpaired) electrons. The van der Waals surface area contributed by atoms with Crippen molar-refractivity contribution in [1.29, 1.82) is 5.26 Å². The number of anilines is 1. The first kappa shape index (κ1) is 14.0. The summed E-state index contributed by atoms with van der Waals surface area (Å²) in [5.41, 5.74) is 1.04. The summed E-state index contributed by atoms with van der Waals surface area (Å²) in [5, 5.41) is 9.89. The van der Waals surface area contributed by atoms with E-state index in [0.29, 0.717) is 11.2 Å². The predicted octanol–water partition coefficient (Wildman–Crippen LogP) is 2.91. The normalized spacial score (nSPS) is 11.0. The Morgan fingerprint density at radius 2 is 1.77 bits per heavy atom. The van der Waals surface area contributed by atoms with Crippen LogP contribution < -0.4 is 4.72 Å². The fraction of sp³-hybridized carbons (Fsp3) is 0. The van der Waals surface area contributed by atoms with Gasteiger partial charge in [-0.15, -0.1) is 0 Å². The fourth-order valence-corrected chi connectivity index (χ4v) is 3.40. The Morgan fingerprint density at radius 1 is 1.00 bits per heavy atom. The first-order valence-electron chi connectivity index (χ1n) is 6.47.